The molecule has 4 heteroatoms. The highest BCUT2D eigenvalue weighted by Crippen LogP contribution is 2.25. The summed E-state index contributed by atoms with van der Waals surface area (Å²) in [5, 5.41) is 2.07. The van der Waals surface area contributed by atoms with Crippen molar-refractivity contribution in [3.63, 3.8) is 0 Å². The molecule has 0 atom stereocenters. The van der Waals surface area contributed by atoms with Gasteiger partial charge in [-0.1, -0.05) is 22.0 Å². The van der Waals surface area contributed by atoms with E-state index in [-0.39, 0.29) is 0 Å². The molecule has 0 unspecified atom stereocenters. The molecule has 2 nitrogen and oxygen atoms in total. The van der Waals surface area contributed by atoms with Gasteiger partial charge in [0.05, 0.1) is 6.54 Å². The van der Waals surface area contributed by atoms with E-state index < -0.39 is 0 Å². The summed E-state index contributed by atoms with van der Waals surface area (Å²) in [5.41, 5.74) is 1.71. The maximum Gasteiger partial charge on any atom is 0.152 e. The van der Waals surface area contributed by atoms with Crippen molar-refractivity contribution in [2.45, 2.75) is 13.5 Å². The number of carbonyl (C=O) groups is 1. The number of carbonyl (C=O) groups excluding carboxylic acids is 1. The predicted octanol–water partition coefficient (Wildman–Crippen LogP) is 4.35. The van der Waals surface area contributed by atoms with Gasteiger partial charge in [-0.15, -0.1) is 11.3 Å². The second-order valence-corrected chi connectivity index (χ2v) is 5.86. The van der Waals surface area contributed by atoms with Crippen LogP contribution in [-0.4, -0.2) is 12.8 Å². The fourth-order valence-electron chi connectivity index (χ4n) is 1.87. The molecule has 0 aliphatic carbocycles. The van der Waals surface area contributed by atoms with Gasteiger partial charge in [-0.05, 0) is 36.6 Å². The molecule has 0 spiro atoms. The van der Waals surface area contributed by atoms with Gasteiger partial charge in [0, 0.05) is 27.1 Å². The maximum absolute atomic E-state index is 11.2. The molecular formula is C14H14BrNOS. The van der Waals surface area contributed by atoms with E-state index >= 15 is 0 Å². The molecule has 94 valence electrons. The molecule has 0 amide bonds. The van der Waals surface area contributed by atoms with Crippen molar-refractivity contribution in [3.05, 3.63) is 50.6 Å². The summed E-state index contributed by atoms with van der Waals surface area (Å²) in [6, 6.07) is 9.99. The Morgan fingerprint density at radius 2 is 2.22 bits per heavy atom. The Balaban J connectivity index is 2.29. The maximum atomic E-state index is 11.2. The lowest BCUT2D eigenvalue weighted by atomic mass is 10.1. The van der Waals surface area contributed by atoms with Crippen molar-refractivity contribution in [2.75, 3.05) is 11.4 Å². The number of anilines is 1. The van der Waals surface area contributed by atoms with Crippen LogP contribution in [0.5, 0.6) is 0 Å². The molecule has 2 rings (SSSR count). The van der Waals surface area contributed by atoms with Gasteiger partial charge in [0.25, 0.3) is 0 Å². The fraction of sp³-hybridized carbons (Fsp3) is 0.214. The molecule has 18 heavy (non-hydrogen) atoms. The molecule has 0 fully saturated rings. The Morgan fingerprint density at radius 3 is 2.83 bits per heavy atom. The summed E-state index contributed by atoms with van der Waals surface area (Å²) in [7, 11) is 0. The smallest absolute Gasteiger partial charge is 0.152 e. The quantitative estimate of drug-likeness (QED) is 0.762. The Labute approximate surface area is 119 Å². The highest BCUT2D eigenvalue weighted by atomic mass is 79.9. The summed E-state index contributed by atoms with van der Waals surface area (Å²) in [6.07, 6.45) is 0.914. The van der Waals surface area contributed by atoms with Crippen molar-refractivity contribution >= 4 is 39.2 Å². The van der Waals surface area contributed by atoms with Crippen LogP contribution in [0.3, 0.4) is 0 Å². The van der Waals surface area contributed by atoms with Crippen LogP contribution in [-0.2, 0) is 6.54 Å². The first-order valence-electron chi connectivity index (χ1n) is 5.76. The molecule has 0 radical (unpaired) electrons. The van der Waals surface area contributed by atoms with Gasteiger partial charge in [0.15, 0.2) is 6.29 Å². The molecule has 0 saturated heterocycles. The van der Waals surface area contributed by atoms with Crippen LogP contribution in [0, 0.1) is 0 Å². The summed E-state index contributed by atoms with van der Waals surface area (Å²) in [5.74, 6) is 0. The minimum Gasteiger partial charge on any atom is -0.366 e. The molecule has 1 aromatic heterocycles. The molecule has 0 aliphatic heterocycles. The van der Waals surface area contributed by atoms with Crippen LogP contribution in [0.2, 0.25) is 0 Å². The van der Waals surface area contributed by atoms with Gasteiger partial charge in [-0.2, -0.15) is 0 Å². The minimum atomic E-state index is 0.725. The van der Waals surface area contributed by atoms with Crippen molar-refractivity contribution in [2.24, 2.45) is 0 Å². The van der Waals surface area contributed by atoms with Crippen LogP contribution in [0.4, 0.5) is 5.69 Å². The third-order valence-corrected chi connectivity index (χ3v) is 4.12. The highest BCUT2D eigenvalue weighted by molar-refractivity contribution is 9.10. The van der Waals surface area contributed by atoms with Gasteiger partial charge < -0.3 is 4.90 Å². The van der Waals surface area contributed by atoms with Gasteiger partial charge in [-0.3, -0.25) is 4.79 Å². The zero-order valence-corrected chi connectivity index (χ0v) is 12.5. The third-order valence-electron chi connectivity index (χ3n) is 2.77. The standard InChI is InChI=1S/C14H14BrNOS/c1-2-16(9-13-4-3-7-18-13)14-6-5-12(15)8-11(14)10-17/h3-8,10H,2,9H2,1H3. The SMILES string of the molecule is CCN(Cc1cccs1)c1ccc(Br)cc1C=O. The van der Waals surface area contributed by atoms with Crippen LogP contribution in [0.15, 0.2) is 40.2 Å². The van der Waals surface area contributed by atoms with Crippen LogP contribution < -0.4 is 4.90 Å². The molecular weight excluding hydrogens is 310 g/mol. The molecule has 0 aliphatic rings. The molecule has 0 saturated carbocycles. The normalized spacial score (nSPS) is 10.3. The lowest BCUT2D eigenvalue weighted by molar-refractivity contribution is 0.112. The summed E-state index contributed by atoms with van der Waals surface area (Å²) >= 11 is 5.13. The van der Waals surface area contributed by atoms with Gasteiger partial charge in [0.1, 0.15) is 0 Å². The molecule has 0 N–H and O–H groups in total. The van der Waals surface area contributed by atoms with E-state index in [2.05, 4.69) is 45.3 Å². The van der Waals surface area contributed by atoms with E-state index in [4.69, 9.17) is 0 Å². The second-order valence-electron chi connectivity index (χ2n) is 3.91. The number of hydrogen-bond donors (Lipinski definition) is 0. The fourth-order valence-corrected chi connectivity index (χ4v) is 2.96. The lowest BCUT2D eigenvalue weighted by Crippen LogP contribution is -2.22. The summed E-state index contributed by atoms with van der Waals surface area (Å²) in [6.45, 7) is 3.82. The Kier molecular flexibility index (Phi) is 4.55. The first kappa shape index (κ1) is 13.3. The van der Waals surface area contributed by atoms with E-state index in [0.29, 0.717) is 0 Å². The molecule has 1 heterocycles. The first-order valence-corrected chi connectivity index (χ1v) is 7.44. The largest absolute Gasteiger partial charge is 0.366 e. The zero-order chi connectivity index (χ0) is 13.0. The number of halogens is 1. The monoisotopic (exact) mass is 323 g/mol. The highest BCUT2D eigenvalue weighted by Gasteiger charge is 2.10. The third kappa shape index (κ3) is 3.00. The van der Waals surface area contributed by atoms with E-state index in [1.54, 1.807) is 11.3 Å². The van der Waals surface area contributed by atoms with E-state index in [1.807, 2.05) is 18.2 Å². The zero-order valence-electron chi connectivity index (χ0n) is 10.1. The Bertz CT molecular complexity index is 525. The lowest BCUT2D eigenvalue weighted by Gasteiger charge is -2.24. The molecule has 1 aromatic carbocycles. The average Bonchev–Trinajstić information content (AvgIpc) is 2.89. The number of thiophene rings is 1. The van der Waals surface area contributed by atoms with Crippen LogP contribution in [0.25, 0.3) is 0 Å². The number of rotatable bonds is 5. The van der Waals surface area contributed by atoms with Crippen molar-refractivity contribution in [3.8, 4) is 0 Å². The van der Waals surface area contributed by atoms with Crippen molar-refractivity contribution < 1.29 is 4.79 Å². The Hall–Kier alpha value is -1.13. The summed E-state index contributed by atoms with van der Waals surface area (Å²) in [4.78, 5) is 14.7. The number of benzene rings is 1. The van der Waals surface area contributed by atoms with Gasteiger partial charge in [-0.25, -0.2) is 0 Å². The molecule has 0 bridgehead atoms. The van der Waals surface area contributed by atoms with E-state index in [9.17, 15) is 4.79 Å². The first-order chi connectivity index (χ1) is 8.74. The Morgan fingerprint density at radius 1 is 1.39 bits per heavy atom. The van der Waals surface area contributed by atoms with E-state index in [1.165, 1.54) is 4.88 Å². The van der Waals surface area contributed by atoms with E-state index in [0.717, 1.165) is 35.1 Å². The predicted molar refractivity (Wildman–Crippen MR) is 80.6 cm³/mol. The second kappa shape index (κ2) is 6.16. The van der Waals surface area contributed by atoms with Crippen molar-refractivity contribution in [1.82, 2.24) is 0 Å². The topological polar surface area (TPSA) is 20.3 Å². The van der Waals surface area contributed by atoms with Crippen LogP contribution in [0.1, 0.15) is 22.2 Å². The minimum absolute atomic E-state index is 0.725. The van der Waals surface area contributed by atoms with Crippen molar-refractivity contribution in [1.29, 1.82) is 0 Å². The summed E-state index contributed by atoms with van der Waals surface area (Å²) < 4.78 is 0.931. The van der Waals surface area contributed by atoms with Crippen LogP contribution >= 0.6 is 27.3 Å². The number of aldehydes is 1. The molecule has 2 aromatic rings. The number of hydrogen-bond acceptors (Lipinski definition) is 3. The number of nitrogens with zero attached hydrogens (tertiary/aromatic N) is 1. The average molecular weight is 324 g/mol. The van der Waals surface area contributed by atoms with Gasteiger partial charge >= 0.3 is 0 Å². The van der Waals surface area contributed by atoms with Gasteiger partial charge in [0.2, 0.25) is 0 Å².